The number of carbonyl (C=O) groups is 1. The maximum absolute atomic E-state index is 12.4. The van der Waals surface area contributed by atoms with Gasteiger partial charge in [-0.15, -0.1) is 0 Å². The summed E-state index contributed by atoms with van der Waals surface area (Å²) in [6.07, 6.45) is 1.53. The van der Waals surface area contributed by atoms with E-state index in [9.17, 15) is 10.1 Å². The van der Waals surface area contributed by atoms with Crippen LogP contribution in [0.15, 0.2) is 46.4 Å². The highest BCUT2D eigenvalue weighted by molar-refractivity contribution is 9.10. The Morgan fingerprint density at radius 1 is 1.24 bits per heavy atom. The molecule has 2 aromatic rings. The largest absolute Gasteiger partial charge is 0.493 e. The van der Waals surface area contributed by atoms with Crippen LogP contribution in [-0.4, -0.2) is 12.5 Å². The van der Waals surface area contributed by atoms with Crippen LogP contribution in [0.5, 0.6) is 5.75 Å². The molecule has 5 heteroatoms. The van der Waals surface area contributed by atoms with Gasteiger partial charge in [0, 0.05) is 15.7 Å². The van der Waals surface area contributed by atoms with Gasteiger partial charge < -0.3 is 10.1 Å². The highest BCUT2D eigenvalue weighted by Crippen LogP contribution is 2.26. The second kappa shape index (κ2) is 8.50. The van der Waals surface area contributed by atoms with Gasteiger partial charge in [-0.05, 0) is 68.3 Å². The molecule has 0 saturated carbocycles. The summed E-state index contributed by atoms with van der Waals surface area (Å²) in [5.74, 6) is 0.172. The number of hydrogen-bond acceptors (Lipinski definition) is 3. The summed E-state index contributed by atoms with van der Waals surface area (Å²) in [6, 6.07) is 13.1. The molecular formula is C20H19BrN2O2. The van der Waals surface area contributed by atoms with Crippen LogP contribution in [0.4, 0.5) is 5.69 Å². The van der Waals surface area contributed by atoms with Crippen LogP contribution in [0, 0.1) is 25.2 Å². The quantitative estimate of drug-likeness (QED) is 0.568. The molecule has 0 aromatic heterocycles. The Balaban J connectivity index is 2.31. The van der Waals surface area contributed by atoms with Gasteiger partial charge in [0.1, 0.15) is 17.4 Å². The number of nitrogens with one attached hydrogen (secondary N) is 1. The fraction of sp³-hybridized carbons (Fsp3) is 0.200. The second-order valence-electron chi connectivity index (χ2n) is 5.54. The predicted octanol–water partition coefficient (Wildman–Crippen LogP) is 5.01. The molecule has 2 rings (SSSR count). The average molecular weight is 399 g/mol. The van der Waals surface area contributed by atoms with Crippen molar-refractivity contribution < 1.29 is 9.53 Å². The third-order valence-electron chi connectivity index (χ3n) is 3.70. The Morgan fingerprint density at radius 2 is 2.00 bits per heavy atom. The molecule has 0 aliphatic carbocycles. The van der Waals surface area contributed by atoms with E-state index in [2.05, 4.69) is 21.2 Å². The molecule has 1 amide bonds. The Bertz CT molecular complexity index is 866. The summed E-state index contributed by atoms with van der Waals surface area (Å²) >= 11 is 3.40. The van der Waals surface area contributed by atoms with E-state index in [1.165, 1.54) is 6.08 Å². The van der Waals surface area contributed by atoms with Crippen molar-refractivity contribution in [1.29, 1.82) is 5.26 Å². The van der Waals surface area contributed by atoms with Crippen LogP contribution in [0.3, 0.4) is 0 Å². The number of nitrogens with zero attached hydrogens (tertiary/aromatic N) is 1. The van der Waals surface area contributed by atoms with Crippen molar-refractivity contribution in [2.24, 2.45) is 0 Å². The molecule has 2 aromatic carbocycles. The van der Waals surface area contributed by atoms with Gasteiger partial charge in [0.05, 0.1) is 6.61 Å². The number of rotatable bonds is 5. The molecule has 0 spiro atoms. The maximum atomic E-state index is 12.4. The molecule has 4 nitrogen and oxygen atoms in total. The molecule has 0 unspecified atom stereocenters. The minimum atomic E-state index is -0.451. The molecule has 0 radical (unpaired) electrons. The summed E-state index contributed by atoms with van der Waals surface area (Å²) in [4.78, 5) is 12.4. The lowest BCUT2D eigenvalue weighted by molar-refractivity contribution is -0.112. The first-order chi connectivity index (χ1) is 11.9. The smallest absolute Gasteiger partial charge is 0.266 e. The monoisotopic (exact) mass is 398 g/mol. The van der Waals surface area contributed by atoms with E-state index in [1.54, 1.807) is 6.07 Å². The Hall–Kier alpha value is -2.58. The molecule has 0 bridgehead atoms. The predicted molar refractivity (Wildman–Crippen MR) is 103 cm³/mol. The van der Waals surface area contributed by atoms with Crippen LogP contribution in [0.25, 0.3) is 6.08 Å². The van der Waals surface area contributed by atoms with E-state index < -0.39 is 5.91 Å². The van der Waals surface area contributed by atoms with Crippen molar-refractivity contribution in [2.45, 2.75) is 20.8 Å². The van der Waals surface area contributed by atoms with Gasteiger partial charge in [-0.25, -0.2) is 0 Å². The number of ether oxygens (including phenoxy) is 1. The minimum absolute atomic E-state index is 0.0114. The highest BCUT2D eigenvalue weighted by Gasteiger charge is 2.12. The molecule has 25 heavy (non-hydrogen) atoms. The van der Waals surface area contributed by atoms with E-state index in [4.69, 9.17) is 4.74 Å². The normalized spacial score (nSPS) is 10.9. The SMILES string of the molecule is CCOc1ccc(Br)cc1/C=C(\C#N)C(=O)Nc1ccc(C)c(C)c1. The van der Waals surface area contributed by atoms with Crippen molar-refractivity contribution in [1.82, 2.24) is 0 Å². The van der Waals surface area contributed by atoms with Gasteiger partial charge in [-0.3, -0.25) is 4.79 Å². The molecule has 0 aliphatic rings. The second-order valence-corrected chi connectivity index (χ2v) is 6.45. The number of benzene rings is 2. The van der Waals surface area contributed by atoms with Crippen molar-refractivity contribution in [3.8, 4) is 11.8 Å². The lowest BCUT2D eigenvalue weighted by atomic mass is 10.1. The number of carbonyl (C=O) groups excluding carboxylic acids is 1. The zero-order valence-corrected chi connectivity index (χ0v) is 16.0. The van der Waals surface area contributed by atoms with Crippen LogP contribution in [0.2, 0.25) is 0 Å². The zero-order valence-electron chi connectivity index (χ0n) is 14.4. The van der Waals surface area contributed by atoms with E-state index in [1.807, 2.05) is 57.2 Å². The zero-order chi connectivity index (χ0) is 18.4. The first kappa shape index (κ1) is 18.8. The average Bonchev–Trinajstić information content (AvgIpc) is 2.58. The van der Waals surface area contributed by atoms with E-state index in [0.717, 1.165) is 15.6 Å². The summed E-state index contributed by atoms with van der Waals surface area (Å²) < 4.78 is 6.40. The van der Waals surface area contributed by atoms with Crippen LogP contribution in [-0.2, 0) is 4.79 Å². The van der Waals surface area contributed by atoms with Gasteiger partial charge in [0.15, 0.2) is 0 Å². The Labute approximate surface area is 156 Å². The first-order valence-corrected chi connectivity index (χ1v) is 8.66. The van der Waals surface area contributed by atoms with Crippen molar-refractivity contribution in [3.63, 3.8) is 0 Å². The van der Waals surface area contributed by atoms with Crippen molar-refractivity contribution in [2.75, 3.05) is 11.9 Å². The maximum Gasteiger partial charge on any atom is 0.266 e. The van der Waals surface area contributed by atoms with Gasteiger partial charge in [-0.1, -0.05) is 22.0 Å². The van der Waals surface area contributed by atoms with E-state index >= 15 is 0 Å². The minimum Gasteiger partial charge on any atom is -0.493 e. The van der Waals surface area contributed by atoms with Gasteiger partial charge in [0.2, 0.25) is 0 Å². The number of halogens is 1. The lowest BCUT2D eigenvalue weighted by Gasteiger charge is -2.09. The number of nitriles is 1. The Morgan fingerprint density at radius 3 is 2.64 bits per heavy atom. The van der Waals surface area contributed by atoms with Gasteiger partial charge in [0.25, 0.3) is 5.91 Å². The highest BCUT2D eigenvalue weighted by atomic mass is 79.9. The molecule has 128 valence electrons. The molecule has 1 N–H and O–H groups in total. The fourth-order valence-corrected chi connectivity index (χ4v) is 2.62. The first-order valence-electron chi connectivity index (χ1n) is 7.87. The van der Waals surface area contributed by atoms with Crippen molar-refractivity contribution in [3.05, 3.63) is 63.1 Å². The molecule has 0 heterocycles. The summed E-state index contributed by atoms with van der Waals surface area (Å²) in [5.41, 5.74) is 3.56. The summed E-state index contributed by atoms with van der Waals surface area (Å²) in [5, 5.41) is 12.2. The van der Waals surface area contributed by atoms with Crippen LogP contribution >= 0.6 is 15.9 Å². The third kappa shape index (κ3) is 4.94. The molecule has 0 aliphatic heterocycles. The summed E-state index contributed by atoms with van der Waals surface area (Å²) in [6.45, 7) is 6.36. The van der Waals surface area contributed by atoms with Gasteiger partial charge in [-0.2, -0.15) is 5.26 Å². The Kier molecular flexibility index (Phi) is 6.37. The van der Waals surface area contributed by atoms with Crippen molar-refractivity contribution >= 4 is 33.6 Å². The molecular weight excluding hydrogens is 380 g/mol. The van der Waals surface area contributed by atoms with Gasteiger partial charge >= 0.3 is 0 Å². The molecule has 0 fully saturated rings. The number of aryl methyl sites for hydroxylation is 2. The number of amides is 1. The molecule has 0 atom stereocenters. The van der Waals surface area contributed by atoms with E-state index in [0.29, 0.717) is 23.6 Å². The van der Waals surface area contributed by atoms with Crippen LogP contribution in [0.1, 0.15) is 23.6 Å². The number of hydrogen-bond donors (Lipinski definition) is 1. The number of anilines is 1. The third-order valence-corrected chi connectivity index (χ3v) is 4.19. The van der Waals surface area contributed by atoms with Crippen LogP contribution < -0.4 is 10.1 Å². The topological polar surface area (TPSA) is 62.1 Å². The lowest BCUT2D eigenvalue weighted by Crippen LogP contribution is -2.13. The van der Waals surface area contributed by atoms with E-state index in [-0.39, 0.29) is 5.57 Å². The summed E-state index contributed by atoms with van der Waals surface area (Å²) in [7, 11) is 0. The fourth-order valence-electron chi connectivity index (χ4n) is 2.24. The molecule has 0 saturated heterocycles. The standard InChI is InChI=1S/C20H19BrN2O2/c1-4-25-19-8-6-17(21)11-15(19)10-16(12-22)20(24)23-18-7-5-13(2)14(3)9-18/h5-11H,4H2,1-3H3,(H,23,24)/b16-10+.